The molecule has 2 atom stereocenters. The van der Waals surface area contributed by atoms with Gasteiger partial charge in [-0.3, -0.25) is 0 Å². The molecule has 2 unspecified atom stereocenters. The van der Waals surface area contributed by atoms with Gasteiger partial charge in [-0.05, 0) is 30.9 Å². The number of aliphatic hydroxyl groups is 1. The van der Waals surface area contributed by atoms with E-state index in [1.165, 1.54) is 6.42 Å². The maximum absolute atomic E-state index is 9.68. The Balaban J connectivity index is 2.13. The number of anilines is 1. The van der Waals surface area contributed by atoms with E-state index in [-0.39, 0.29) is 12.1 Å². The van der Waals surface area contributed by atoms with Crippen LogP contribution in [-0.4, -0.2) is 22.2 Å². The lowest BCUT2D eigenvalue weighted by Gasteiger charge is -2.40. The van der Waals surface area contributed by atoms with Crippen molar-refractivity contribution in [3.8, 4) is 0 Å². The third-order valence-electron chi connectivity index (χ3n) is 3.53. The molecule has 0 saturated heterocycles. The van der Waals surface area contributed by atoms with Crippen molar-refractivity contribution < 1.29 is 5.11 Å². The van der Waals surface area contributed by atoms with Gasteiger partial charge in [0.2, 0.25) is 0 Å². The Morgan fingerprint density at radius 2 is 2.47 bits per heavy atom. The molecular weight excluding hydrogens is 236 g/mol. The van der Waals surface area contributed by atoms with E-state index in [4.69, 9.17) is 11.6 Å². The van der Waals surface area contributed by atoms with Gasteiger partial charge in [0.25, 0.3) is 0 Å². The summed E-state index contributed by atoms with van der Waals surface area (Å²) in [5.74, 6) is 0.653. The quantitative estimate of drug-likeness (QED) is 0.815. The fourth-order valence-electron chi connectivity index (χ4n) is 2.74. The molecule has 17 heavy (non-hydrogen) atoms. The number of hydrogen-bond acceptors (Lipinski definition) is 3. The van der Waals surface area contributed by atoms with Crippen molar-refractivity contribution in [1.82, 2.24) is 4.98 Å². The summed E-state index contributed by atoms with van der Waals surface area (Å²) < 4.78 is 0. The average molecular weight is 255 g/mol. The Kier molecular flexibility index (Phi) is 3.89. The van der Waals surface area contributed by atoms with Crippen LogP contribution in [0.15, 0.2) is 18.3 Å². The number of pyridine rings is 1. The zero-order valence-electron chi connectivity index (χ0n) is 10.1. The maximum Gasteiger partial charge on any atom is 0.131 e. The van der Waals surface area contributed by atoms with E-state index in [2.05, 4.69) is 17.2 Å². The maximum atomic E-state index is 9.68. The lowest BCUT2D eigenvalue weighted by molar-refractivity contribution is 0.149. The van der Waals surface area contributed by atoms with E-state index in [9.17, 15) is 5.11 Å². The number of halogens is 1. The molecule has 2 rings (SSSR count). The molecule has 1 fully saturated rings. The van der Waals surface area contributed by atoms with Crippen LogP contribution in [0.4, 0.5) is 5.69 Å². The van der Waals surface area contributed by atoms with Crippen LogP contribution >= 0.6 is 11.6 Å². The molecule has 0 radical (unpaired) electrons. The molecule has 0 aliphatic heterocycles. The highest BCUT2D eigenvalue weighted by Crippen LogP contribution is 2.34. The molecule has 1 aromatic rings. The molecule has 0 bridgehead atoms. The number of nitrogens with one attached hydrogen (secondary N) is 1. The average Bonchev–Trinajstić information content (AvgIpc) is 2.29. The lowest BCUT2D eigenvalue weighted by Crippen LogP contribution is -2.45. The second-order valence-electron chi connectivity index (χ2n) is 5.13. The van der Waals surface area contributed by atoms with E-state index >= 15 is 0 Å². The Hall–Kier alpha value is -0.800. The number of nitrogens with zero attached hydrogens (tertiary/aromatic N) is 1. The fourth-order valence-corrected chi connectivity index (χ4v) is 2.92. The lowest BCUT2D eigenvalue weighted by atomic mass is 9.76. The molecule has 1 aromatic heterocycles. The van der Waals surface area contributed by atoms with Crippen molar-refractivity contribution in [2.45, 2.75) is 38.1 Å². The smallest absolute Gasteiger partial charge is 0.131 e. The van der Waals surface area contributed by atoms with Gasteiger partial charge in [0.05, 0.1) is 12.1 Å². The van der Waals surface area contributed by atoms with Crippen LogP contribution in [0, 0.1) is 5.92 Å². The number of hydrogen-bond donors (Lipinski definition) is 2. The summed E-state index contributed by atoms with van der Waals surface area (Å²) >= 11 is 5.87. The van der Waals surface area contributed by atoms with Gasteiger partial charge in [0.1, 0.15) is 5.15 Å². The fraction of sp³-hybridized carbons (Fsp3) is 0.615. The van der Waals surface area contributed by atoms with Crippen LogP contribution < -0.4 is 5.32 Å². The Bertz CT molecular complexity index is 385. The topological polar surface area (TPSA) is 45.1 Å². The SMILES string of the molecule is CC1CCCC(CO)(Nc2ccnc(Cl)c2)C1. The highest BCUT2D eigenvalue weighted by molar-refractivity contribution is 6.29. The third-order valence-corrected chi connectivity index (χ3v) is 3.74. The van der Waals surface area contributed by atoms with E-state index < -0.39 is 0 Å². The van der Waals surface area contributed by atoms with Gasteiger partial charge in [-0.15, -0.1) is 0 Å². The van der Waals surface area contributed by atoms with Crippen LogP contribution in [0.5, 0.6) is 0 Å². The van der Waals surface area contributed by atoms with Crippen LogP contribution in [0.1, 0.15) is 32.6 Å². The van der Waals surface area contributed by atoms with Gasteiger partial charge in [0.15, 0.2) is 0 Å². The summed E-state index contributed by atoms with van der Waals surface area (Å²) in [5, 5.41) is 13.6. The molecule has 1 heterocycles. The van der Waals surface area contributed by atoms with Crippen molar-refractivity contribution in [2.75, 3.05) is 11.9 Å². The van der Waals surface area contributed by atoms with Gasteiger partial charge in [-0.2, -0.15) is 0 Å². The number of aromatic nitrogens is 1. The summed E-state index contributed by atoms with van der Waals surface area (Å²) in [4.78, 5) is 3.96. The first-order chi connectivity index (χ1) is 8.13. The van der Waals surface area contributed by atoms with Gasteiger partial charge in [-0.1, -0.05) is 31.4 Å². The molecule has 2 N–H and O–H groups in total. The first-order valence-electron chi connectivity index (χ1n) is 6.14. The van der Waals surface area contributed by atoms with Crippen molar-refractivity contribution >= 4 is 17.3 Å². The predicted molar refractivity (Wildman–Crippen MR) is 70.3 cm³/mol. The molecule has 94 valence electrons. The monoisotopic (exact) mass is 254 g/mol. The Morgan fingerprint density at radius 1 is 1.65 bits per heavy atom. The molecule has 0 spiro atoms. The van der Waals surface area contributed by atoms with Crippen molar-refractivity contribution in [2.24, 2.45) is 5.92 Å². The molecule has 4 heteroatoms. The molecular formula is C13H19ClN2O. The normalized spacial score (nSPS) is 29.0. The standard InChI is InChI=1S/C13H19ClN2O/c1-10-3-2-5-13(8-10,9-17)16-11-4-6-15-12(14)7-11/h4,6-7,10,17H,2-3,5,8-9H2,1H3,(H,15,16). The van der Waals surface area contributed by atoms with Gasteiger partial charge in [0, 0.05) is 11.9 Å². The highest BCUT2D eigenvalue weighted by Gasteiger charge is 2.34. The summed E-state index contributed by atoms with van der Waals surface area (Å²) in [6.45, 7) is 2.40. The zero-order chi connectivity index (χ0) is 12.3. The van der Waals surface area contributed by atoms with Gasteiger partial charge >= 0.3 is 0 Å². The minimum absolute atomic E-state index is 0.164. The molecule has 0 aromatic carbocycles. The Morgan fingerprint density at radius 3 is 3.12 bits per heavy atom. The minimum atomic E-state index is -0.192. The first-order valence-corrected chi connectivity index (χ1v) is 6.52. The van der Waals surface area contributed by atoms with E-state index in [0.717, 1.165) is 24.9 Å². The van der Waals surface area contributed by atoms with Gasteiger partial charge in [-0.25, -0.2) is 4.98 Å². The second kappa shape index (κ2) is 5.23. The summed E-state index contributed by atoms with van der Waals surface area (Å²) in [6.07, 6.45) is 6.10. The third kappa shape index (κ3) is 3.11. The Labute approximate surface area is 107 Å². The molecule has 3 nitrogen and oxygen atoms in total. The minimum Gasteiger partial charge on any atom is -0.394 e. The van der Waals surface area contributed by atoms with E-state index in [1.54, 1.807) is 12.3 Å². The highest BCUT2D eigenvalue weighted by atomic mass is 35.5. The van der Waals surface area contributed by atoms with E-state index in [0.29, 0.717) is 11.1 Å². The predicted octanol–water partition coefficient (Wildman–Crippen LogP) is 3.09. The molecule has 0 amide bonds. The first kappa shape index (κ1) is 12.7. The van der Waals surface area contributed by atoms with Crippen LogP contribution in [0.2, 0.25) is 5.15 Å². The molecule has 1 saturated carbocycles. The van der Waals surface area contributed by atoms with Crippen LogP contribution in [-0.2, 0) is 0 Å². The van der Waals surface area contributed by atoms with Gasteiger partial charge < -0.3 is 10.4 Å². The number of rotatable bonds is 3. The largest absolute Gasteiger partial charge is 0.394 e. The number of aliphatic hydroxyl groups excluding tert-OH is 1. The summed E-state index contributed by atoms with van der Waals surface area (Å²) in [7, 11) is 0. The van der Waals surface area contributed by atoms with Crippen molar-refractivity contribution in [3.05, 3.63) is 23.5 Å². The molecule has 1 aliphatic rings. The summed E-state index contributed by atoms with van der Waals surface area (Å²) in [5.41, 5.74) is 0.746. The second-order valence-corrected chi connectivity index (χ2v) is 5.52. The van der Waals surface area contributed by atoms with Crippen molar-refractivity contribution in [1.29, 1.82) is 0 Å². The zero-order valence-corrected chi connectivity index (χ0v) is 10.9. The van der Waals surface area contributed by atoms with E-state index in [1.807, 2.05) is 6.07 Å². The molecule has 1 aliphatic carbocycles. The van der Waals surface area contributed by atoms with Crippen LogP contribution in [0.25, 0.3) is 0 Å². The van der Waals surface area contributed by atoms with Crippen molar-refractivity contribution in [3.63, 3.8) is 0 Å². The van der Waals surface area contributed by atoms with Crippen LogP contribution in [0.3, 0.4) is 0 Å². The summed E-state index contributed by atoms with van der Waals surface area (Å²) in [6, 6.07) is 3.70.